The Hall–Kier alpha value is -3.69. The standard InChI is InChI=1S/C19H20FN5O4/c1-11-17(21-18(26)16-7-8-24(23-16)13(3)19(27)28)12(2)25(22-11)10-29-15-6-4-5-14(20)9-15/h4-9,13H,10H2,1-3H3,(H,21,26)(H,27,28). The molecule has 9 nitrogen and oxygen atoms in total. The molecule has 10 heteroatoms. The number of anilines is 1. The van der Waals surface area contributed by atoms with Crippen LogP contribution in [-0.4, -0.2) is 36.5 Å². The summed E-state index contributed by atoms with van der Waals surface area (Å²) in [6.07, 6.45) is 1.43. The van der Waals surface area contributed by atoms with Gasteiger partial charge < -0.3 is 15.2 Å². The molecule has 0 fully saturated rings. The average Bonchev–Trinajstić information content (AvgIpc) is 3.26. The summed E-state index contributed by atoms with van der Waals surface area (Å²) in [5.41, 5.74) is 1.79. The van der Waals surface area contributed by atoms with Gasteiger partial charge in [0.15, 0.2) is 12.4 Å². The van der Waals surface area contributed by atoms with E-state index in [-0.39, 0.29) is 12.4 Å². The minimum absolute atomic E-state index is 0.0384. The number of benzene rings is 1. The highest BCUT2D eigenvalue weighted by molar-refractivity contribution is 6.03. The molecular formula is C19H20FN5O4. The average molecular weight is 401 g/mol. The second kappa shape index (κ2) is 8.13. The fourth-order valence-electron chi connectivity index (χ4n) is 2.66. The topological polar surface area (TPSA) is 111 Å². The van der Waals surface area contributed by atoms with Crippen LogP contribution in [0.15, 0.2) is 36.5 Å². The Balaban J connectivity index is 1.71. The second-order valence-electron chi connectivity index (χ2n) is 6.43. The minimum Gasteiger partial charge on any atom is -0.480 e. The highest BCUT2D eigenvalue weighted by atomic mass is 19.1. The van der Waals surface area contributed by atoms with Crippen molar-refractivity contribution in [1.29, 1.82) is 0 Å². The summed E-state index contributed by atoms with van der Waals surface area (Å²) in [6.45, 7) is 4.99. The van der Waals surface area contributed by atoms with Gasteiger partial charge in [0, 0.05) is 12.3 Å². The smallest absolute Gasteiger partial charge is 0.328 e. The number of amides is 1. The lowest BCUT2D eigenvalue weighted by atomic mass is 10.3. The molecule has 0 aliphatic carbocycles. The Morgan fingerprint density at radius 1 is 1.28 bits per heavy atom. The predicted octanol–water partition coefficient (Wildman–Crippen LogP) is 2.77. The van der Waals surface area contributed by atoms with Crippen molar-refractivity contribution in [3.63, 3.8) is 0 Å². The number of nitrogens with zero attached hydrogens (tertiary/aromatic N) is 4. The van der Waals surface area contributed by atoms with Crippen LogP contribution in [0.5, 0.6) is 5.75 Å². The van der Waals surface area contributed by atoms with Crippen molar-refractivity contribution >= 4 is 17.6 Å². The van der Waals surface area contributed by atoms with Gasteiger partial charge in [-0.15, -0.1) is 0 Å². The Morgan fingerprint density at radius 3 is 2.72 bits per heavy atom. The van der Waals surface area contributed by atoms with Crippen LogP contribution in [0.3, 0.4) is 0 Å². The van der Waals surface area contributed by atoms with E-state index >= 15 is 0 Å². The molecule has 29 heavy (non-hydrogen) atoms. The number of rotatable bonds is 7. The zero-order valence-electron chi connectivity index (χ0n) is 16.1. The number of nitrogens with one attached hydrogen (secondary N) is 1. The van der Waals surface area contributed by atoms with Crippen LogP contribution in [0.4, 0.5) is 10.1 Å². The van der Waals surface area contributed by atoms with Gasteiger partial charge in [-0.2, -0.15) is 10.2 Å². The summed E-state index contributed by atoms with van der Waals surface area (Å²) < 4.78 is 21.5. The van der Waals surface area contributed by atoms with Crippen LogP contribution in [0.2, 0.25) is 0 Å². The van der Waals surface area contributed by atoms with Gasteiger partial charge in [-0.05, 0) is 39.0 Å². The fourth-order valence-corrected chi connectivity index (χ4v) is 2.66. The van der Waals surface area contributed by atoms with Crippen LogP contribution in [0.1, 0.15) is 34.8 Å². The maximum atomic E-state index is 13.3. The predicted molar refractivity (Wildman–Crippen MR) is 101 cm³/mol. The van der Waals surface area contributed by atoms with Crippen LogP contribution < -0.4 is 10.1 Å². The maximum Gasteiger partial charge on any atom is 0.328 e. The van der Waals surface area contributed by atoms with E-state index in [1.165, 1.54) is 36.0 Å². The molecule has 0 radical (unpaired) electrons. The lowest BCUT2D eigenvalue weighted by Crippen LogP contribution is -2.18. The molecule has 0 saturated heterocycles. The Morgan fingerprint density at radius 2 is 2.03 bits per heavy atom. The van der Waals surface area contributed by atoms with E-state index < -0.39 is 23.7 Å². The molecule has 1 unspecified atom stereocenters. The monoisotopic (exact) mass is 401 g/mol. The number of hydrogen-bond acceptors (Lipinski definition) is 5. The SMILES string of the molecule is Cc1nn(COc2cccc(F)c2)c(C)c1NC(=O)c1ccn(C(C)C(=O)O)n1. The van der Waals surface area contributed by atoms with E-state index in [1.54, 1.807) is 30.7 Å². The number of carboxylic acid groups (broad SMARTS) is 1. The van der Waals surface area contributed by atoms with Gasteiger partial charge in [0.05, 0.1) is 17.1 Å². The Bertz CT molecular complexity index is 1060. The number of carboxylic acids is 1. The number of aromatic nitrogens is 4. The van der Waals surface area contributed by atoms with E-state index in [0.717, 1.165) is 0 Å². The molecule has 152 valence electrons. The number of hydrogen-bond donors (Lipinski definition) is 2. The maximum absolute atomic E-state index is 13.3. The molecule has 0 aliphatic rings. The summed E-state index contributed by atoms with van der Waals surface area (Å²) >= 11 is 0. The van der Waals surface area contributed by atoms with Crippen molar-refractivity contribution in [1.82, 2.24) is 19.6 Å². The molecule has 0 spiro atoms. The zero-order chi connectivity index (χ0) is 21.1. The summed E-state index contributed by atoms with van der Waals surface area (Å²) in [4.78, 5) is 23.5. The summed E-state index contributed by atoms with van der Waals surface area (Å²) in [5.74, 6) is -1.58. The van der Waals surface area contributed by atoms with Crippen LogP contribution in [0.25, 0.3) is 0 Å². The molecule has 2 N–H and O–H groups in total. The largest absolute Gasteiger partial charge is 0.480 e. The molecule has 0 bridgehead atoms. The quantitative estimate of drug-likeness (QED) is 0.630. The summed E-state index contributed by atoms with van der Waals surface area (Å²) in [5, 5.41) is 20.1. The number of aliphatic carboxylic acids is 1. The van der Waals surface area contributed by atoms with E-state index in [2.05, 4.69) is 15.5 Å². The second-order valence-corrected chi connectivity index (χ2v) is 6.43. The van der Waals surface area contributed by atoms with Crippen molar-refractivity contribution in [2.24, 2.45) is 0 Å². The van der Waals surface area contributed by atoms with Gasteiger partial charge in [0.2, 0.25) is 0 Å². The summed E-state index contributed by atoms with van der Waals surface area (Å²) in [7, 11) is 0. The lowest BCUT2D eigenvalue weighted by molar-refractivity contribution is -0.140. The van der Waals surface area contributed by atoms with Gasteiger partial charge in [0.1, 0.15) is 17.6 Å². The fraction of sp³-hybridized carbons (Fsp3) is 0.263. The third kappa shape index (κ3) is 4.42. The van der Waals surface area contributed by atoms with Crippen molar-refractivity contribution in [3.05, 3.63) is 59.4 Å². The minimum atomic E-state index is -1.05. The highest BCUT2D eigenvalue weighted by Gasteiger charge is 2.19. The van der Waals surface area contributed by atoms with Crippen molar-refractivity contribution < 1.29 is 23.8 Å². The van der Waals surface area contributed by atoms with Crippen LogP contribution >= 0.6 is 0 Å². The number of carbonyl (C=O) groups excluding carboxylic acids is 1. The molecule has 3 rings (SSSR count). The molecule has 3 aromatic rings. The zero-order valence-corrected chi connectivity index (χ0v) is 16.1. The molecular weight excluding hydrogens is 381 g/mol. The lowest BCUT2D eigenvalue weighted by Gasteiger charge is -2.09. The molecule has 0 aliphatic heterocycles. The molecule has 1 atom stereocenters. The Labute approximate surface area is 165 Å². The molecule has 1 aromatic carbocycles. The third-order valence-corrected chi connectivity index (χ3v) is 4.36. The first kappa shape index (κ1) is 20.1. The third-order valence-electron chi connectivity index (χ3n) is 4.36. The first-order valence-electron chi connectivity index (χ1n) is 8.78. The van der Waals surface area contributed by atoms with Crippen molar-refractivity contribution in [2.45, 2.75) is 33.5 Å². The van der Waals surface area contributed by atoms with Gasteiger partial charge in [-0.25, -0.2) is 13.9 Å². The van der Waals surface area contributed by atoms with Gasteiger partial charge >= 0.3 is 5.97 Å². The molecule has 2 heterocycles. The molecule has 0 saturated carbocycles. The highest BCUT2D eigenvalue weighted by Crippen LogP contribution is 2.21. The van der Waals surface area contributed by atoms with Crippen LogP contribution in [0, 0.1) is 19.7 Å². The van der Waals surface area contributed by atoms with Crippen molar-refractivity contribution in [2.75, 3.05) is 5.32 Å². The summed E-state index contributed by atoms with van der Waals surface area (Å²) in [6, 6.07) is 6.32. The van der Waals surface area contributed by atoms with Gasteiger partial charge in [-0.1, -0.05) is 6.07 Å². The molecule has 2 aromatic heterocycles. The van der Waals surface area contributed by atoms with E-state index in [1.807, 2.05) is 0 Å². The van der Waals surface area contributed by atoms with Crippen LogP contribution in [-0.2, 0) is 11.5 Å². The van der Waals surface area contributed by atoms with E-state index in [0.29, 0.717) is 22.8 Å². The first-order valence-corrected chi connectivity index (χ1v) is 8.78. The first-order chi connectivity index (χ1) is 13.8. The number of carbonyl (C=O) groups is 2. The Kier molecular flexibility index (Phi) is 5.62. The molecule has 1 amide bonds. The number of aryl methyl sites for hydroxylation is 1. The van der Waals surface area contributed by atoms with E-state index in [4.69, 9.17) is 9.84 Å². The van der Waals surface area contributed by atoms with E-state index in [9.17, 15) is 14.0 Å². The number of halogens is 1. The van der Waals surface area contributed by atoms with Gasteiger partial charge in [0.25, 0.3) is 5.91 Å². The normalized spacial score (nSPS) is 11.9. The number of ether oxygens (including phenoxy) is 1. The van der Waals surface area contributed by atoms with Crippen molar-refractivity contribution in [3.8, 4) is 5.75 Å². The van der Waals surface area contributed by atoms with Gasteiger partial charge in [-0.3, -0.25) is 9.48 Å².